The average Bonchev–Trinajstić information content (AvgIpc) is 2.42. The summed E-state index contributed by atoms with van der Waals surface area (Å²) in [5.41, 5.74) is 1.06. The summed E-state index contributed by atoms with van der Waals surface area (Å²) >= 11 is 0. The van der Waals surface area contributed by atoms with Gasteiger partial charge in [-0.2, -0.15) is 0 Å². The minimum absolute atomic E-state index is 0.424. The fourth-order valence-electron chi connectivity index (χ4n) is 2.27. The lowest BCUT2D eigenvalue weighted by atomic mass is 9.97. The van der Waals surface area contributed by atoms with Gasteiger partial charge in [-0.15, -0.1) is 0 Å². The van der Waals surface area contributed by atoms with Crippen LogP contribution in [0.1, 0.15) is 40.2 Å². The molecule has 0 aliphatic carbocycles. The van der Waals surface area contributed by atoms with Crippen LogP contribution in [0.25, 0.3) is 0 Å². The Morgan fingerprint density at radius 2 is 1.75 bits per heavy atom. The van der Waals surface area contributed by atoms with Crippen molar-refractivity contribution in [2.24, 2.45) is 0 Å². The average molecular weight is 333 g/mol. The van der Waals surface area contributed by atoms with Crippen molar-refractivity contribution in [2.45, 2.75) is 58.8 Å². The van der Waals surface area contributed by atoms with E-state index in [0.717, 1.165) is 5.56 Å². The van der Waals surface area contributed by atoms with Crippen molar-refractivity contribution in [1.29, 1.82) is 0 Å². The summed E-state index contributed by atoms with van der Waals surface area (Å²) in [6, 6.07) is 9.19. The predicted molar refractivity (Wildman–Crippen MR) is 93.7 cm³/mol. The maximum atomic E-state index is 12.2. The van der Waals surface area contributed by atoms with Crippen molar-refractivity contribution in [3.8, 4) is 0 Å². The summed E-state index contributed by atoms with van der Waals surface area (Å²) < 4.78 is 10.7. The third-order valence-electron chi connectivity index (χ3n) is 3.14. The number of nitrogens with one attached hydrogen (secondary N) is 1. The van der Waals surface area contributed by atoms with Crippen LogP contribution in [0.15, 0.2) is 42.5 Å². The van der Waals surface area contributed by atoms with Crippen LogP contribution in [0.5, 0.6) is 0 Å². The van der Waals surface area contributed by atoms with Gasteiger partial charge in [0.2, 0.25) is 0 Å². The number of ether oxygens (including phenoxy) is 2. The summed E-state index contributed by atoms with van der Waals surface area (Å²) in [6.07, 6.45) is -0.692. The van der Waals surface area contributed by atoms with Crippen LogP contribution in [0, 0.1) is 0 Å². The molecule has 24 heavy (non-hydrogen) atoms. The highest BCUT2D eigenvalue weighted by Crippen LogP contribution is 2.16. The molecule has 0 radical (unpaired) electrons. The van der Waals surface area contributed by atoms with Crippen LogP contribution in [0.4, 0.5) is 4.79 Å². The van der Waals surface area contributed by atoms with E-state index in [1.54, 1.807) is 27.7 Å². The Balaban J connectivity index is 2.98. The van der Waals surface area contributed by atoms with Gasteiger partial charge in [0.1, 0.15) is 11.7 Å². The fraction of sp³-hybridized carbons (Fsp3) is 0.474. The zero-order chi connectivity index (χ0) is 18.3. The number of rotatable bonds is 6. The molecule has 132 valence electrons. The number of carbonyl (C=O) groups is 2. The molecule has 1 amide bonds. The summed E-state index contributed by atoms with van der Waals surface area (Å²) in [5, 5.41) is 2.81. The molecule has 1 aromatic carbocycles. The van der Waals surface area contributed by atoms with Crippen molar-refractivity contribution < 1.29 is 19.1 Å². The molecular formula is C19H27NO4. The standard InChI is InChI=1S/C19H27NO4/c1-13(2)17(23-14(3)21)16(12-15-10-8-7-9-11-15)20-18(22)24-19(4,5)6/h7-11,16-17H,1,12H2,2-6H3,(H,20,22)/t16-,17-/m1/s1. The lowest BCUT2D eigenvalue weighted by Gasteiger charge is -2.29. The number of benzene rings is 1. The molecule has 0 fully saturated rings. The molecule has 0 bridgehead atoms. The van der Waals surface area contributed by atoms with Crippen molar-refractivity contribution in [2.75, 3.05) is 0 Å². The summed E-state index contributed by atoms with van der Waals surface area (Å²) in [5.74, 6) is -0.424. The molecule has 0 heterocycles. The van der Waals surface area contributed by atoms with Gasteiger partial charge in [0.25, 0.3) is 0 Å². The minimum atomic E-state index is -0.629. The van der Waals surface area contributed by atoms with E-state index in [4.69, 9.17) is 9.47 Å². The molecular weight excluding hydrogens is 306 g/mol. The van der Waals surface area contributed by atoms with Crippen LogP contribution >= 0.6 is 0 Å². The highest BCUT2D eigenvalue weighted by molar-refractivity contribution is 5.69. The van der Waals surface area contributed by atoms with Gasteiger partial charge >= 0.3 is 12.1 Å². The Morgan fingerprint density at radius 3 is 2.21 bits per heavy atom. The van der Waals surface area contributed by atoms with E-state index in [9.17, 15) is 9.59 Å². The van der Waals surface area contributed by atoms with Gasteiger partial charge in [-0.1, -0.05) is 36.9 Å². The maximum Gasteiger partial charge on any atom is 0.408 e. The zero-order valence-corrected chi connectivity index (χ0v) is 15.1. The van der Waals surface area contributed by atoms with E-state index < -0.39 is 29.8 Å². The van der Waals surface area contributed by atoms with E-state index in [1.807, 2.05) is 30.3 Å². The molecule has 0 aliphatic rings. The highest BCUT2D eigenvalue weighted by Gasteiger charge is 2.29. The van der Waals surface area contributed by atoms with Crippen molar-refractivity contribution in [1.82, 2.24) is 5.32 Å². The lowest BCUT2D eigenvalue weighted by molar-refractivity contribution is -0.145. The number of carbonyl (C=O) groups excluding carboxylic acids is 2. The number of amides is 1. The van der Waals surface area contributed by atoms with Crippen molar-refractivity contribution in [3.63, 3.8) is 0 Å². The Morgan fingerprint density at radius 1 is 1.17 bits per heavy atom. The van der Waals surface area contributed by atoms with Gasteiger partial charge in [0, 0.05) is 6.92 Å². The Bertz CT molecular complexity index is 575. The Kier molecular flexibility index (Phi) is 7.01. The van der Waals surface area contributed by atoms with Gasteiger partial charge in [-0.3, -0.25) is 4.79 Å². The van der Waals surface area contributed by atoms with E-state index in [-0.39, 0.29) is 0 Å². The molecule has 0 spiro atoms. The van der Waals surface area contributed by atoms with Crippen LogP contribution in [-0.4, -0.2) is 29.8 Å². The van der Waals surface area contributed by atoms with E-state index in [2.05, 4.69) is 11.9 Å². The largest absolute Gasteiger partial charge is 0.456 e. The maximum absolute atomic E-state index is 12.2. The smallest absolute Gasteiger partial charge is 0.408 e. The first-order valence-electron chi connectivity index (χ1n) is 7.94. The van der Waals surface area contributed by atoms with Gasteiger partial charge in [0.15, 0.2) is 0 Å². The molecule has 1 N–H and O–H groups in total. The van der Waals surface area contributed by atoms with E-state index in [0.29, 0.717) is 12.0 Å². The molecule has 0 aromatic heterocycles. The molecule has 5 nitrogen and oxygen atoms in total. The summed E-state index contributed by atoms with van der Waals surface area (Å²) in [4.78, 5) is 23.6. The van der Waals surface area contributed by atoms with Gasteiger partial charge in [-0.25, -0.2) is 4.79 Å². The molecule has 0 unspecified atom stereocenters. The van der Waals surface area contributed by atoms with Gasteiger partial charge in [-0.05, 0) is 45.3 Å². The zero-order valence-electron chi connectivity index (χ0n) is 15.1. The number of esters is 1. The minimum Gasteiger partial charge on any atom is -0.456 e. The third-order valence-corrected chi connectivity index (χ3v) is 3.14. The Labute approximate surface area is 144 Å². The first-order chi connectivity index (χ1) is 11.1. The molecule has 1 aromatic rings. The van der Waals surface area contributed by atoms with E-state index >= 15 is 0 Å². The number of alkyl carbamates (subject to hydrolysis) is 1. The fourth-order valence-corrected chi connectivity index (χ4v) is 2.27. The first-order valence-corrected chi connectivity index (χ1v) is 7.94. The van der Waals surface area contributed by atoms with Crippen LogP contribution < -0.4 is 5.32 Å². The van der Waals surface area contributed by atoms with E-state index in [1.165, 1.54) is 6.92 Å². The molecule has 0 aliphatic heterocycles. The second-order valence-electron chi connectivity index (χ2n) is 6.82. The number of hydrogen-bond acceptors (Lipinski definition) is 4. The second-order valence-corrected chi connectivity index (χ2v) is 6.82. The lowest BCUT2D eigenvalue weighted by Crippen LogP contribution is -2.48. The number of hydrogen-bond donors (Lipinski definition) is 1. The van der Waals surface area contributed by atoms with Gasteiger partial charge in [0.05, 0.1) is 6.04 Å². The van der Waals surface area contributed by atoms with Gasteiger partial charge < -0.3 is 14.8 Å². The summed E-state index contributed by atoms with van der Waals surface area (Å²) in [7, 11) is 0. The SMILES string of the molecule is C=C(C)[C@@H](OC(C)=O)[C@@H](Cc1ccccc1)NC(=O)OC(C)(C)C. The van der Waals surface area contributed by atoms with Crippen LogP contribution in [0.2, 0.25) is 0 Å². The molecule has 5 heteroatoms. The quantitative estimate of drug-likeness (QED) is 0.638. The monoisotopic (exact) mass is 333 g/mol. The van der Waals surface area contributed by atoms with Crippen LogP contribution in [-0.2, 0) is 20.7 Å². The predicted octanol–water partition coefficient (Wildman–Crippen LogP) is 3.63. The first kappa shape index (κ1) is 19.7. The van der Waals surface area contributed by atoms with Crippen LogP contribution in [0.3, 0.4) is 0 Å². The normalized spacial score (nSPS) is 13.5. The molecule has 2 atom stereocenters. The highest BCUT2D eigenvalue weighted by atomic mass is 16.6. The third kappa shape index (κ3) is 7.31. The Hall–Kier alpha value is -2.30. The molecule has 1 rings (SSSR count). The second kappa shape index (κ2) is 8.52. The summed E-state index contributed by atoms with van der Waals surface area (Å²) in [6.45, 7) is 12.4. The van der Waals surface area contributed by atoms with Crippen molar-refractivity contribution in [3.05, 3.63) is 48.0 Å². The molecule has 0 saturated heterocycles. The topological polar surface area (TPSA) is 64.6 Å². The molecule has 0 saturated carbocycles. The van der Waals surface area contributed by atoms with Crippen molar-refractivity contribution >= 4 is 12.1 Å².